The van der Waals surface area contributed by atoms with Crippen molar-refractivity contribution in [2.45, 2.75) is 13.3 Å². The minimum atomic E-state index is 0.771. The Morgan fingerprint density at radius 2 is 2.29 bits per heavy atom. The molecule has 1 heterocycles. The highest BCUT2D eigenvalue weighted by Gasteiger charge is 2.14. The zero-order valence-electron chi connectivity index (χ0n) is 8.08. The van der Waals surface area contributed by atoms with Gasteiger partial charge in [0.05, 0.1) is 5.71 Å². The van der Waals surface area contributed by atoms with Crippen LogP contribution < -0.4 is 10.4 Å². The summed E-state index contributed by atoms with van der Waals surface area (Å²) in [6, 6.07) is 7.82. The Morgan fingerprint density at radius 1 is 1.50 bits per heavy atom. The lowest BCUT2D eigenvalue weighted by atomic mass is 10.0. The number of nitrogens with zero attached hydrogens (tertiary/aromatic N) is 1. The smallest absolute Gasteiger partial charge is 0.166 e. The minimum absolute atomic E-state index is 0.771. The molecule has 1 aliphatic rings. The van der Waals surface area contributed by atoms with Gasteiger partial charge < -0.3 is 4.84 Å². The summed E-state index contributed by atoms with van der Waals surface area (Å²) in [6.07, 6.45) is 0.771. The third kappa shape index (κ3) is 1.62. The van der Waals surface area contributed by atoms with E-state index in [0.29, 0.717) is 0 Å². The fourth-order valence-corrected chi connectivity index (χ4v) is 1.40. The first-order chi connectivity index (χ1) is 6.77. The van der Waals surface area contributed by atoms with E-state index in [1.807, 2.05) is 31.2 Å². The number of hydrazone groups is 1. The molecule has 1 aromatic rings. The molecule has 0 amide bonds. The molecule has 0 unspecified atom stereocenters. The number of rotatable bonds is 2. The monoisotopic (exact) mass is 188 g/mol. The van der Waals surface area contributed by atoms with Gasteiger partial charge in [0.15, 0.2) is 5.75 Å². The molecule has 14 heavy (non-hydrogen) atoms. The highest BCUT2D eigenvalue weighted by molar-refractivity contribution is 6.04. The second-order valence-corrected chi connectivity index (χ2v) is 3.38. The summed E-state index contributed by atoms with van der Waals surface area (Å²) in [4.78, 5) is 5.17. The van der Waals surface area contributed by atoms with Crippen molar-refractivity contribution in [2.24, 2.45) is 5.10 Å². The largest absolute Gasteiger partial charge is 0.364 e. The van der Waals surface area contributed by atoms with E-state index < -0.39 is 0 Å². The maximum Gasteiger partial charge on any atom is 0.166 e. The van der Waals surface area contributed by atoms with Crippen LogP contribution in [0.15, 0.2) is 41.5 Å². The van der Waals surface area contributed by atoms with Gasteiger partial charge in [-0.1, -0.05) is 24.3 Å². The Labute approximate surface area is 83.0 Å². The second-order valence-electron chi connectivity index (χ2n) is 3.38. The molecule has 0 spiro atoms. The van der Waals surface area contributed by atoms with Crippen LogP contribution in [0.3, 0.4) is 0 Å². The molecular formula is C11H12N2O. The third-order valence-electron chi connectivity index (χ3n) is 2.00. The van der Waals surface area contributed by atoms with E-state index in [4.69, 9.17) is 4.84 Å². The van der Waals surface area contributed by atoms with E-state index in [1.54, 1.807) is 0 Å². The first kappa shape index (κ1) is 8.81. The van der Waals surface area contributed by atoms with E-state index in [1.165, 1.54) is 0 Å². The molecule has 0 saturated heterocycles. The Hall–Kier alpha value is -1.77. The van der Waals surface area contributed by atoms with Crippen molar-refractivity contribution in [2.75, 3.05) is 0 Å². The summed E-state index contributed by atoms with van der Waals surface area (Å²) >= 11 is 0. The van der Waals surface area contributed by atoms with Crippen LogP contribution in [-0.4, -0.2) is 5.71 Å². The minimum Gasteiger partial charge on any atom is -0.364 e. The summed E-state index contributed by atoms with van der Waals surface area (Å²) in [5, 5.41) is 4.09. The third-order valence-corrected chi connectivity index (χ3v) is 2.00. The van der Waals surface area contributed by atoms with Gasteiger partial charge in [-0.2, -0.15) is 0 Å². The van der Waals surface area contributed by atoms with Gasteiger partial charge >= 0.3 is 0 Å². The van der Waals surface area contributed by atoms with E-state index in [2.05, 4.69) is 17.3 Å². The second kappa shape index (κ2) is 3.54. The summed E-state index contributed by atoms with van der Waals surface area (Å²) in [6.45, 7) is 5.86. The quantitative estimate of drug-likeness (QED) is 0.722. The first-order valence-electron chi connectivity index (χ1n) is 4.49. The lowest BCUT2D eigenvalue weighted by Crippen LogP contribution is -2.22. The van der Waals surface area contributed by atoms with Gasteiger partial charge in [0.1, 0.15) is 0 Å². The van der Waals surface area contributed by atoms with E-state index in [0.717, 1.165) is 29.0 Å². The SMILES string of the molecule is C=C(C)CC1=NNOc2ccccc21. The van der Waals surface area contributed by atoms with Crippen LogP contribution in [0.5, 0.6) is 5.75 Å². The maximum atomic E-state index is 5.17. The first-order valence-corrected chi connectivity index (χ1v) is 4.49. The molecule has 0 fully saturated rings. The van der Waals surface area contributed by atoms with Crippen LogP contribution in [-0.2, 0) is 0 Å². The molecular weight excluding hydrogens is 176 g/mol. The highest BCUT2D eigenvalue weighted by atomic mass is 16.7. The molecule has 1 aromatic carbocycles. The lowest BCUT2D eigenvalue weighted by Gasteiger charge is -2.17. The average molecular weight is 188 g/mol. The predicted octanol–water partition coefficient (Wildman–Crippen LogP) is 2.25. The summed E-state index contributed by atoms with van der Waals surface area (Å²) < 4.78 is 0. The zero-order chi connectivity index (χ0) is 9.97. The van der Waals surface area contributed by atoms with Crippen molar-refractivity contribution in [3.63, 3.8) is 0 Å². The molecule has 1 aliphatic heterocycles. The van der Waals surface area contributed by atoms with Crippen molar-refractivity contribution in [1.82, 2.24) is 5.59 Å². The molecule has 0 aliphatic carbocycles. The van der Waals surface area contributed by atoms with Gasteiger partial charge in [0.2, 0.25) is 0 Å². The number of hydrogen-bond acceptors (Lipinski definition) is 3. The molecule has 1 N–H and O–H groups in total. The predicted molar refractivity (Wildman–Crippen MR) is 56.2 cm³/mol. The lowest BCUT2D eigenvalue weighted by molar-refractivity contribution is 0.195. The summed E-state index contributed by atoms with van der Waals surface area (Å²) in [7, 11) is 0. The summed E-state index contributed by atoms with van der Waals surface area (Å²) in [5.41, 5.74) is 5.64. The molecule has 3 heteroatoms. The molecule has 3 nitrogen and oxygen atoms in total. The van der Waals surface area contributed by atoms with E-state index in [9.17, 15) is 0 Å². The number of allylic oxidation sites excluding steroid dienone is 1. The topological polar surface area (TPSA) is 33.6 Å². The Bertz CT molecular complexity index is 396. The van der Waals surface area contributed by atoms with Crippen LogP contribution in [0.1, 0.15) is 18.9 Å². The van der Waals surface area contributed by atoms with Gasteiger partial charge in [-0.15, -0.1) is 10.7 Å². The van der Waals surface area contributed by atoms with E-state index >= 15 is 0 Å². The van der Waals surface area contributed by atoms with Gasteiger partial charge in [0, 0.05) is 12.0 Å². The Kier molecular flexibility index (Phi) is 2.23. The van der Waals surface area contributed by atoms with Crippen molar-refractivity contribution in [1.29, 1.82) is 0 Å². The molecule has 0 aromatic heterocycles. The fraction of sp³-hybridized carbons (Fsp3) is 0.182. The van der Waals surface area contributed by atoms with Crippen LogP contribution in [0.4, 0.5) is 0 Å². The number of nitrogens with one attached hydrogen (secondary N) is 1. The molecule has 0 radical (unpaired) electrons. The standard InChI is InChI=1S/C11H12N2O/c1-8(2)7-10-9-5-3-4-6-11(9)14-13-12-10/h3-6,13H,1,7H2,2H3. The normalized spacial score (nSPS) is 13.4. The van der Waals surface area contributed by atoms with E-state index in [-0.39, 0.29) is 0 Å². The van der Waals surface area contributed by atoms with Crippen LogP contribution in [0.25, 0.3) is 0 Å². The number of hydrogen-bond donors (Lipinski definition) is 1. The van der Waals surface area contributed by atoms with Crippen molar-refractivity contribution < 1.29 is 4.84 Å². The fourth-order valence-electron chi connectivity index (χ4n) is 1.40. The number of benzene rings is 1. The number of para-hydroxylation sites is 1. The molecule has 2 rings (SSSR count). The average Bonchev–Trinajstić information content (AvgIpc) is 2.18. The van der Waals surface area contributed by atoms with Gasteiger partial charge in [0.25, 0.3) is 0 Å². The summed E-state index contributed by atoms with van der Waals surface area (Å²) in [5.74, 6) is 0.818. The highest BCUT2D eigenvalue weighted by Crippen LogP contribution is 2.22. The maximum absolute atomic E-state index is 5.17. The van der Waals surface area contributed by atoms with Gasteiger partial charge in [-0.05, 0) is 19.1 Å². The zero-order valence-corrected chi connectivity index (χ0v) is 8.08. The Morgan fingerprint density at radius 3 is 3.07 bits per heavy atom. The molecule has 72 valence electrons. The number of fused-ring (bicyclic) bond motifs is 1. The van der Waals surface area contributed by atoms with Crippen molar-refractivity contribution >= 4 is 5.71 Å². The molecule has 0 saturated carbocycles. The van der Waals surface area contributed by atoms with Crippen LogP contribution >= 0.6 is 0 Å². The molecule has 0 atom stereocenters. The Balaban J connectivity index is 2.35. The molecule has 0 bridgehead atoms. The van der Waals surface area contributed by atoms with Crippen molar-refractivity contribution in [3.8, 4) is 5.75 Å². The van der Waals surface area contributed by atoms with Crippen LogP contribution in [0.2, 0.25) is 0 Å². The van der Waals surface area contributed by atoms with Gasteiger partial charge in [-0.25, -0.2) is 0 Å². The van der Waals surface area contributed by atoms with Gasteiger partial charge in [-0.3, -0.25) is 0 Å². The van der Waals surface area contributed by atoms with Crippen molar-refractivity contribution in [3.05, 3.63) is 42.0 Å². The van der Waals surface area contributed by atoms with Crippen LogP contribution in [0, 0.1) is 0 Å².